The molecule has 0 fully saturated rings. The first-order valence-electron chi connectivity index (χ1n) is 3.85. The lowest BCUT2D eigenvalue weighted by Crippen LogP contribution is -1.91. The fourth-order valence-electron chi connectivity index (χ4n) is 1.03. The molecule has 0 aliphatic rings. The molecule has 0 aliphatic heterocycles. The van der Waals surface area contributed by atoms with Crippen LogP contribution >= 0.6 is 0 Å². The number of benzene rings is 1. The Hall–Kier alpha value is -1.18. The fraction of sp³-hybridized carbons (Fsp3) is 0.300. The highest BCUT2D eigenvalue weighted by Gasteiger charge is 2.04. The van der Waals surface area contributed by atoms with Crippen LogP contribution in [0.25, 0.3) is 0 Å². The lowest BCUT2D eigenvalue weighted by atomic mass is 10.0. The van der Waals surface area contributed by atoms with Crippen molar-refractivity contribution in [1.82, 2.24) is 0 Å². The summed E-state index contributed by atoms with van der Waals surface area (Å²) in [4.78, 5) is 10.5. The van der Waals surface area contributed by atoms with E-state index in [1.807, 2.05) is 6.92 Å². The Labute approximate surface area is 71.2 Å². The highest BCUT2D eigenvalue weighted by Crippen LogP contribution is 2.18. The Morgan fingerprint density at radius 3 is 2.67 bits per heavy atom. The van der Waals surface area contributed by atoms with Crippen LogP contribution in [0.4, 0.5) is 4.39 Å². The molecule has 0 radical (unpaired) electrons. The highest BCUT2D eigenvalue weighted by atomic mass is 19.1. The summed E-state index contributed by atoms with van der Waals surface area (Å²) in [5.41, 5.74) is 2.01. The second kappa shape index (κ2) is 3.48. The van der Waals surface area contributed by atoms with Crippen LogP contribution in [0.15, 0.2) is 18.2 Å². The van der Waals surface area contributed by atoms with Crippen molar-refractivity contribution in [1.29, 1.82) is 0 Å². The van der Waals surface area contributed by atoms with Gasteiger partial charge in [0, 0.05) is 5.56 Å². The van der Waals surface area contributed by atoms with Crippen molar-refractivity contribution in [2.75, 3.05) is 0 Å². The smallest absolute Gasteiger partial charge is 0.150 e. The molecule has 0 aromatic heterocycles. The van der Waals surface area contributed by atoms with Crippen molar-refractivity contribution in [2.24, 2.45) is 0 Å². The van der Waals surface area contributed by atoms with Crippen LogP contribution in [0, 0.1) is 6.92 Å². The van der Waals surface area contributed by atoms with E-state index in [0.717, 1.165) is 11.8 Å². The zero-order valence-corrected chi connectivity index (χ0v) is 7.17. The largest absolute Gasteiger partial charge is 0.298 e. The van der Waals surface area contributed by atoms with Gasteiger partial charge in [-0.1, -0.05) is 12.1 Å². The van der Waals surface area contributed by atoms with Crippen molar-refractivity contribution in [3.05, 3.63) is 34.9 Å². The maximum absolute atomic E-state index is 12.8. The lowest BCUT2D eigenvalue weighted by Gasteiger charge is -2.04. The first-order chi connectivity index (χ1) is 5.65. The summed E-state index contributed by atoms with van der Waals surface area (Å²) in [6.07, 6.45) is -0.259. The third-order valence-corrected chi connectivity index (χ3v) is 1.89. The number of carbonyl (C=O) groups is 1. The van der Waals surface area contributed by atoms with Gasteiger partial charge in [-0.05, 0) is 31.0 Å². The lowest BCUT2D eigenvalue weighted by molar-refractivity contribution is 0.112. The number of carbonyl (C=O) groups excluding carboxylic acids is 1. The minimum atomic E-state index is -1.01. The molecule has 0 N–H and O–H groups in total. The Balaban J connectivity index is 3.13. The molecule has 0 saturated heterocycles. The third kappa shape index (κ3) is 1.70. The second-order valence-corrected chi connectivity index (χ2v) is 2.85. The summed E-state index contributed by atoms with van der Waals surface area (Å²) < 4.78 is 12.8. The summed E-state index contributed by atoms with van der Waals surface area (Å²) in [5.74, 6) is 0. The van der Waals surface area contributed by atoms with Gasteiger partial charge in [-0.15, -0.1) is 0 Å². The Bertz CT molecular complexity index is 292. The molecule has 2 heteroatoms. The van der Waals surface area contributed by atoms with Crippen LogP contribution in [0.5, 0.6) is 0 Å². The van der Waals surface area contributed by atoms with E-state index >= 15 is 0 Å². The summed E-state index contributed by atoms with van der Waals surface area (Å²) in [7, 11) is 0. The number of halogens is 1. The maximum atomic E-state index is 12.8. The van der Waals surface area contributed by atoms with Crippen LogP contribution in [-0.4, -0.2) is 6.29 Å². The molecule has 0 aliphatic carbocycles. The minimum absolute atomic E-state index is 0.558. The molecule has 1 unspecified atom stereocenters. The molecule has 1 aromatic rings. The van der Waals surface area contributed by atoms with Gasteiger partial charge >= 0.3 is 0 Å². The molecule has 12 heavy (non-hydrogen) atoms. The molecule has 0 spiro atoms. The Kier molecular flexibility index (Phi) is 2.58. The average Bonchev–Trinajstić information content (AvgIpc) is 2.05. The standard InChI is InChI=1S/C10H11FO/c1-7-3-4-9(8(2)11)5-10(7)6-12/h3-6,8H,1-2H3. The normalized spacial score (nSPS) is 12.6. The van der Waals surface area contributed by atoms with Crippen molar-refractivity contribution in [3.8, 4) is 0 Å². The highest BCUT2D eigenvalue weighted by molar-refractivity contribution is 5.77. The maximum Gasteiger partial charge on any atom is 0.150 e. The van der Waals surface area contributed by atoms with E-state index in [1.165, 1.54) is 6.92 Å². The SMILES string of the molecule is Cc1ccc(C(C)F)cc1C=O. The van der Waals surface area contributed by atoms with E-state index in [1.54, 1.807) is 18.2 Å². The molecule has 0 amide bonds. The quantitative estimate of drug-likeness (QED) is 0.617. The molecule has 1 atom stereocenters. The molecule has 1 rings (SSSR count). The van der Waals surface area contributed by atoms with E-state index < -0.39 is 6.17 Å². The van der Waals surface area contributed by atoms with Crippen LogP contribution in [0.1, 0.15) is 34.6 Å². The van der Waals surface area contributed by atoms with Gasteiger partial charge < -0.3 is 0 Å². The van der Waals surface area contributed by atoms with Gasteiger partial charge in [0.15, 0.2) is 0 Å². The van der Waals surface area contributed by atoms with E-state index in [9.17, 15) is 9.18 Å². The molecule has 0 bridgehead atoms. The topological polar surface area (TPSA) is 17.1 Å². The van der Waals surface area contributed by atoms with Gasteiger partial charge in [-0.2, -0.15) is 0 Å². The van der Waals surface area contributed by atoms with Crippen molar-refractivity contribution < 1.29 is 9.18 Å². The zero-order valence-electron chi connectivity index (χ0n) is 7.17. The second-order valence-electron chi connectivity index (χ2n) is 2.85. The van der Waals surface area contributed by atoms with E-state index in [0.29, 0.717) is 11.1 Å². The van der Waals surface area contributed by atoms with Crippen LogP contribution in [0.3, 0.4) is 0 Å². The minimum Gasteiger partial charge on any atom is -0.298 e. The molecule has 1 aromatic carbocycles. The van der Waals surface area contributed by atoms with Gasteiger partial charge in [0.05, 0.1) is 0 Å². The van der Waals surface area contributed by atoms with Crippen molar-refractivity contribution in [3.63, 3.8) is 0 Å². The number of hydrogen-bond donors (Lipinski definition) is 0. The predicted octanol–water partition coefficient (Wildman–Crippen LogP) is 2.84. The zero-order chi connectivity index (χ0) is 9.14. The fourth-order valence-corrected chi connectivity index (χ4v) is 1.03. The molecular formula is C10H11FO. The summed E-state index contributed by atoms with van der Waals surface area (Å²) >= 11 is 0. The number of alkyl halides is 1. The van der Waals surface area contributed by atoms with Crippen LogP contribution < -0.4 is 0 Å². The summed E-state index contributed by atoms with van der Waals surface area (Å²) in [5, 5.41) is 0. The molecule has 0 saturated carbocycles. The third-order valence-electron chi connectivity index (χ3n) is 1.89. The van der Waals surface area contributed by atoms with E-state index in [-0.39, 0.29) is 0 Å². The number of aldehydes is 1. The summed E-state index contributed by atoms with van der Waals surface area (Å²) in [6, 6.07) is 5.05. The predicted molar refractivity (Wildman–Crippen MR) is 46.1 cm³/mol. The van der Waals surface area contributed by atoms with Crippen LogP contribution in [0.2, 0.25) is 0 Å². The van der Waals surface area contributed by atoms with Crippen molar-refractivity contribution in [2.45, 2.75) is 20.0 Å². The average molecular weight is 166 g/mol. The first kappa shape index (κ1) is 8.91. The van der Waals surface area contributed by atoms with E-state index in [4.69, 9.17) is 0 Å². The van der Waals surface area contributed by atoms with Gasteiger partial charge in [0.2, 0.25) is 0 Å². The Morgan fingerprint density at radius 1 is 1.50 bits per heavy atom. The first-order valence-corrected chi connectivity index (χ1v) is 3.85. The molecule has 64 valence electrons. The van der Waals surface area contributed by atoms with Gasteiger partial charge in [-0.3, -0.25) is 4.79 Å². The number of aryl methyl sites for hydroxylation is 1. The molecule has 0 heterocycles. The van der Waals surface area contributed by atoms with Crippen molar-refractivity contribution >= 4 is 6.29 Å². The number of hydrogen-bond acceptors (Lipinski definition) is 1. The van der Waals surface area contributed by atoms with Gasteiger partial charge in [0.1, 0.15) is 12.5 Å². The van der Waals surface area contributed by atoms with Gasteiger partial charge in [-0.25, -0.2) is 4.39 Å². The number of rotatable bonds is 2. The molecule has 1 nitrogen and oxygen atoms in total. The molecular weight excluding hydrogens is 155 g/mol. The Morgan fingerprint density at radius 2 is 2.17 bits per heavy atom. The summed E-state index contributed by atoms with van der Waals surface area (Å²) in [6.45, 7) is 3.29. The monoisotopic (exact) mass is 166 g/mol. The van der Waals surface area contributed by atoms with E-state index in [2.05, 4.69) is 0 Å². The van der Waals surface area contributed by atoms with Crippen LogP contribution in [-0.2, 0) is 0 Å². The van der Waals surface area contributed by atoms with Gasteiger partial charge in [0.25, 0.3) is 0 Å².